The van der Waals surface area contributed by atoms with Crippen LogP contribution in [0.25, 0.3) is 0 Å². The molecule has 0 aromatic heterocycles. The highest BCUT2D eigenvalue weighted by molar-refractivity contribution is 5.79. The Bertz CT molecular complexity index is 758. The first-order valence-corrected chi connectivity index (χ1v) is 9.63. The van der Waals surface area contributed by atoms with Gasteiger partial charge in [0.1, 0.15) is 0 Å². The Morgan fingerprint density at radius 3 is 2.27 bits per heavy atom. The Labute approximate surface area is 157 Å². The number of hydrogen-bond acceptors (Lipinski definition) is 2. The van der Waals surface area contributed by atoms with Gasteiger partial charge in [0.15, 0.2) is 0 Å². The van der Waals surface area contributed by atoms with E-state index in [1.54, 1.807) is 0 Å². The third-order valence-corrected chi connectivity index (χ3v) is 5.52. The topological polar surface area (TPSA) is 32.3 Å². The second kappa shape index (κ2) is 7.94. The van der Waals surface area contributed by atoms with E-state index >= 15 is 0 Å². The van der Waals surface area contributed by atoms with E-state index in [1.807, 2.05) is 0 Å². The molecular formula is C23H30N2O. The highest BCUT2D eigenvalue weighted by Crippen LogP contribution is 2.25. The Balaban J connectivity index is 1.56. The summed E-state index contributed by atoms with van der Waals surface area (Å²) >= 11 is 0. The monoisotopic (exact) mass is 350 g/mol. The van der Waals surface area contributed by atoms with Gasteiger partial charge in [-0.3, -0.25) is 4.79 Å². The summed E-state index contributed by atoms with van der Waals surface area (Å²) in [5, 5.41) is 3.24. The van der Waals surface area contributed by atoms with E-state index in [-0.39, 0.29) is 17.9 Å². The van der Waals surface area contributed by atoms with Crippen molar-refractivity contribution in [3.63, 3.8) is 0 Å². The maximum absolute atomic E-state index is 12.7. The van der Waals surface area contributed by atoms with Crippen LogP contribution < -0.4 is 10.2 Å². The van der Waals surface area contributed by atoms with Crippen LogP contribution in [0, 0.1) is 26.7 Å². The minimum absolute atomic E-state index is 0.0533. The summed E-state index contributed by atoms with van der Waals surface area (Å²) in [4.78, 5) is 15.1. The summed E-state index contributed by atoms with van der Waals surface area (Å²) in [6.45, 7) is 10.3. The molecule has 2 aromatic carbocycles. The number of benzene rings is 2. The van der Waals surface area contributed by atoms with Gasteiger partial charge in [0.25, 0.3) is 0 Å². The van der Waals surface area contributed by atoms with Crippen LogP contribution in [-0.4, -0.2) is 19.0 Å². The Kier molecular flexibility index (Phi) is 5.65. The standard InChI is InChI=1S/C23H30N2O/c1-16-6-9-21(10-7-16)25-13-11-20(12-14-25)23(26)24-19(4)22-15-17(2)5-8-18(22)3/h5-10,15,19-20H,11-14H2,1-4H3,(H,24,26)/t19-/m1/s1. The molecule has 1 saturated heterocycles. The van der Waals surface area contributed by atoms with Crippen molar-refractivity contribution < 1.29 is 4.79 Å². The number of hydrogen-bond donors (Lipinski definition) is 1. The fraction of sp³-hybridized carbons (Fsp3) is 0.435. The van der Waals surface area contributed by atoms with Crippen molar-refractivity contribution >= 4 is 11.6 Å². The molecule has 3 nitrogen and oxygen atoms in total. The molecule has 3 heteroatoms. The fourth-order valence-electron chi connectivity index (χ4n) is 3.79. The molecule has 0 spiro atoms. The quantitative estimate of drug-likeness (QED) is 0.866. The zero-order chi connectivity index (χ0) is 18.7. The number of nitrogens with zero attached hydrogens (tertiary/aromatic N) is 1. The Morgan fingerprint density at radius 1 is 1.00 bits per heavy atom. The molecule has 0 saturated carbocycles. The highest BCUT2D eigenvalue weighted by atomic mass is 16.1. The molecule has 1 aliphatic rings. The first kappa shape index (κ1) is 18.5. The Morgan fingerprint density at radius 2 is 1.62 bits per heavy atom. The molecule has 1 atom stereocenters. The summed E-state index contributed by atoms with van der Waals surface area (Å²) in [7, 11) is 0. The van der Waals surface area contributed by atoms with E-state index in [2.05, 4.69) is 80.4 Å². The van der Waals surface area contributed by atoms with Crippen molar-refractivity contribution in [3.05, 3.63) is 64.7 Å². The summed E-state index contributed by atoms with van der Waals surface area (Å²) in [6.07, 6.45) is 1.83. The van der Waals surface area contributed by atoms with E-state index in [0.717, 1.165) is 25.9 Å². The van der Waals surface area contributed by atoms with E-state index in [9.17, 15) is 4.79 Å². The zero-order valence-electron chi connectivity index (χ0n) is 16.4. The van der Waals surface area contributed by atoms with Crippen molar-refractivity contribution in [2.24, 2.45) is 5.92 Å². The molecule has 0 bridgehead atoms. The van der Waals surface area contributed by atoms with Crippen LogP contribution in [0.1, 0.15) is 48.1 Å². The second-order valence-electron chi connectivity index (χ2n) is 7.69. The van der Waals surface area contributed by atoms with E-state index in [1.165, 1.54) is 27.9 Å². The molecule has 1 heterocycles. The van der Waals surface area contributed by atoms with Gasteiger partial charge in [-0.1, -0.05) is 41.5 Å². The fourth-order valence-corrected chi connectivity index (χ4v) is 3.79. The molecule has 138 valence electrons. The highest BCUT2D eigenvalue weighted by Gasteiger charge is 2.26. The molecule has 26 heavy (non-hydrogen) atoms. The van der Waals surface area contributed by atoms with Gasteiger partial charge in [0.2, 0.25) is 5.91 Å². The number of anilines is 1. The average molecular weight is 351 g/mol. The number of nitrogens with one attached hydrogen (secondary N) is 1. The van der Waals surface area contributed by atoms with Gasteiger partial charge in [-0.2, -0.15) is 0 Å². The summed E-state index contributed by atoms with van der Waals surface area (Å²) < 4.78 is 0. The largest absolute Gasteiger partial charge is 0.371 e. The lowest BCUT2D eigenvalue weighted by atomic mass is 9.94. The molecule has 2 aromatic rings. The van der Waals surface area contributed by atoms with Crippen molar-refractivity contribution in [1.82, 2.24) is 5.32 Å². The lowest BCUT2D eigenvalue weighted by Crippen LogP contribution is -2.41. The van der Waals surface area contributed by atoms with E-state index in [4.69, 9.17) is 0 Å². The minimum Gasteiger partial charge on any atom is -0.371 e. The smallest absolute Gasteiger partial charge is 0.223 e. The maximum atomic E-state index is 12.7. The maximum Gasteiger partial charge on any atom is 0.223 e. The third-order valence-electron chi connectivity index (χ3n) is 5.52. The van der Waals surface area contributed by atoms with Crippen molar-refractivity contribution in [2.45, 2.75) is 46.6 Å². The first-order valence-electron chi connectivity index (χ1n) is 9.63. The molecule has 0 radical (unpaired) electrons. The molecule has 1 amide bonds. The van der Waals surface area contributed by atoms with Crippen molar-refractivity contribution in [1.29, 1.82) is 0 Å². The summed E-state index contributed by atoms with van der Waals surface area (Å²) in [6, 6.07) is 15.1. The van der Waals surface area contributed by atoms with Gasteiger partial charge in [0.05, 0.1) is 6.04 Å². The molecule has 1 fully saturated rings. The normalized spacial score (nSPS) is 16.4. The van der Waals surface area contributed by atoms with Crippen LogP contribution in [0.4, 0.5) is 5.69 Å². The van der Waals surface area contributed by atoms with Gasteiger partial charge in [-0.15, -0.1) is 0 Å². The summed E-state index contributed by atoms with van der Waals surface area (Å²) in [5.74, 6) is 0.311. The van der Waals surface area contributed by atoms with Crippen LogP contribution in [0.2, 0.25) is 0 Å². The zero-order valence-corrected chi connectivity index (χ0v) is 16.4. The van der Waals surface area contributed by atoms with E-state index < -0.39 is 0 Å². The molecule has 1 aliphatic heterocycles. The van der Waals surface area contributed by atoms with Crippen LogP contribution in [-0.2, 0) is 4.79 Å². The van der Waals surface area contributed by atoms with Gasteiger partial charge in [0, 0.05) is 24.7 Å². The lowest BCUT2D eigenvalue weighted by molar-refractivity contribution is -0.126. The number of amides is 1. The summed E-state index contributed by atoms with van der Waals surface area (Å²) in [5.41, 5.74) is 6.23. The van der Waals surface area contributed by atoms with Gasteiger partial charge in [-0.05, 0) is 63.8 Å². The van der Waals surface area contributed by atoms with Crippen LogP contribution in [0.3, 0.4) is 0 Å². The number of rotatable bonds is 4. The minimum atomic E-state index is 0.0533. The average Bonchev–Trinajstić information content (AvgIpc) is 2.64. The Hall–Kier alpha value is -2.29. The first-order chi connectivity index (χ1) is 12.4. The number of carbonyl (C=O) groups is 1. The predicted octanol–water partition coefficient (Wildman–Crippen LogP) is 4.71. The number of carbonyl (C=O) groups excluding carboxylic acids is 1. The van der Waals surface area contributed by atoms with Crippen LogP contribution >= 0.6 is 0 Å². The van der Waals surface area contributed by atoms with Crippen LogP contribution in [0.5, 0.6) is 0 Å². The molecular weight excluding hydrogens is 320 g/mol. The van der Waals surface area contributed by atoms with E-state index in [0.29, 0.717) is 0 Å². The van der Waals surface area contributed by atoms with Crippen LogP contribution in [0.15, 0.2) is 42.5 Å². The van der Waals surface area contributed by atoms with Crippen molar-refractivity contribution in [2.75, 3.05) is 18.0 Å². The SMILES string of the molecule is Cc1ccc(N2CCC(C(=O)N[C@H](C)c3cc(C)ccc3C)CC2)cc1. The van der Waals surface area contributed by atoms with Gasteiger partial charge in [-0.25, -0.2) is 0 Å². The molecule has 0 unspecified atom stereocenters. The number of aryl methyl sites for hydroxylation is 3. The second-order valence-corrected chi connectivity index (χ2v) is 7.69. The molecule has 3 rings (SSSR count). The number of piperidine rings is 1. The lowest BCUT2D eigenvalue weighted by Gasteiger charge is -2.33. The third kappa shape index (κ3) is 4.27. The molecule has 1 N–H and O–H groups in total. The molecule has 0 aliphatic carbocycles. The van der Waals surface area contributed by atoms with Crippen molar-refractivity contribution in [3.8, 4) is 0 Å². The van der Waals surface area contributed by atoms with Gasteiger partial charge < -0.3 is 10.2 Å². The predicted molar refractivity (Wildman–Crippen MR) is 109 cm³/mol. The van der Waals surface area contributed by atoms with Gasteiger partial charge >= 0.3 is 0 Å².